The van der Waals surface area contributed by atoms with Crippen LogP contribution in [0.3, 0.4) is 0 Å². The van der Waals surface area contributed by atoms with Crippen molar-refractivity contribution in [3.63, 3.8) is 0 Å². The molecule has 0 saturated heterocycles. The minimum Gasteiger partial charge on any atom is -0.376 e. The zero-order valence-electron chi connectivity index (χ0n) is 18.4. The average molecular weight is 447 g/mol. The van der Waals surface area contributed by atoms with Crippen LogP contribution in [-0.2, 0) is 19.6 Å². The summed E-state index contributed by atoms with van der Waals surface area (Å²) in [4.78, 5) is 26.0. The van der Waals surface area contributed by atoms with Crippen LogP contribution in [-0.4, -0.2) is 62.7 Å². The number of nitrogens with zero attached hydrogens (tertiary/aromatic N) is 2. The first kappa shape index (κ1) is 24.4. The average Bonchev–Trinajstić information content (AvgIpc) is 2.74. The van der Waals surface area contributed by atoms with Gasteiger partial charge < -0.3 is 15.5 Å². The third-order valence-electron chi connectivity index (χ3n) is 4.76. The number of nitrogens with one attached hydrogen (secondary N) is 2. The van der Waals surface area contributed by atoms with Crippen molar-refractivity contribution >= 4 is 33.2 Å². The molecule has 2 amide bonds. The normalized spacial score (nSPS) is 11.3. The number of anilines is 2. The molecule has 0 atom stereocenters. The second kappa shape index (κ2) is 10.9. The van der Waals surface area contributed by atoms with E-state index in [1.54, 1.807) is 45.2 Å². The Morgan fingerprint density at radius 3 is 2.23 bits per heavy atom. The predicted molar refractivity (Wildman–Crippen MR) is 122 cm³/mol. The highest BCUT2D eigenvalue weighted by molar-refractivity contribution is 7.89. The molecule has 2 N–H and O–H groups in total. The van der Waals surface area contributed by atoms with Gasteiger partial charge in [-0.25, -0.2) is 8.42 Å². The van der Waals surface area contributed by atoms with Crippen LogP contribution in [0.5, 0.6) is 0 Å². The van der Waals surface area contributed by atoms with Gasteiger partial charge in [0.1, 0.15) is 0 Å². The molecule has 31 heavy (non-hydrogen) atoms. The maximum absolute atomic E-state index is 12.7. The molecule has 2 aromatic carbocycles. The first-order valence-corrected chi connectivity index (χ1v) is 11.6. The number of aryl methyl sites for hydroxylation is 1. The van der Waals surface area contributed by atoms with Crippen molar-refractivity contribution in [2.24, 2.45) is 0 Å². The lowest BCUT2D eigenvalue weighted by Gasteiger charge is -2.19. The van der Waals surface area contributed by atoms with E-state index < -0.39 is 10.0 Å². The van der Waals surface area contributed by atoms with E-state index in [4.69, 9.17) is 0 Å². The summed E-state index contributed by atoms with van der Waals surface area (Å²) in [7, 11) is -2.04. The van der Waals surface area contributed by atoms with Crippen molar-refractivity contribution < 1.29 is 18.0 Å². The highest BCUT2D eigenvalue weighted by Gasteiger charge is 2.21. The van der Waals surface area contributed by atoms with E-state index in [1.165, 1.54) is 21.3 Å². The first-order chi connectivity index (χ1) is 14.7. The van der Waals surface area contributed by atoms with E-state index in [9.17, 15) is 18.0 Å². The van der Waals surface area contributed by atoms with Crippen LogP contribution in [0.2, 0.25) is 0 Å². The van der Waals surface area contributed by atoms with Crippen LogP contribution in [0, 0.1) is 6.92 Å². The number of rotatable bonds is 10. The fourth-order valence-electron chi connectivity index (χ4n) is 2.93. The van der Waals surface area contributed by atoms with Crippen molar-refractivity contribution in [1.29, 1.82) is 0 Å². The van der Waals surface area contributed by atoms with Crippen molar-refractivity contribution in [1.82, 2.24) is 9.21 Å². The van der Waals surface area contributed by atoms with Crippen LogP contribution in [0.25, 0.3) is 0 Å². The molecule has 0 heterocycles. The van der Waals surface area contributed by atoms with Gasteiger partial charge in [0.05, 0.1) is 18.0 Å². The third-order valence-corrected chi connectivity index (χ3v) is 6.81. The lowest BCUT2D eigenvalue weighted by molar-refractivity contribution is -0.131. The number of hydrogen-bond acceptors (Lipinski definition) is 5. The van der Waals surface area contributed by atoms with Crippen LogP contribution in [0.4, 0.5) is 11.4 Å². The lowest BCUT2D eigenvalue weighted by atomic mass is 10.2. The number of benzene rings is 2. The molecule has 0 aliphatic carbocycles. The Labute approximate surface area is 184 Å². The molecule has 9 heteroatoms. The van der Waals surface area contributed by atoms with Gasteiger partial charge in [-0.05, 0) is 37.3 Å². The summed E-state index contributed by atoms with van der Waals surface area (Å²) in [5.74, 6) is -0.594. The Kier molecular flexibility index (Phi) is 8.58. The van der Waals surface area contributed by atoms with E-state index in [0.29, 0.717) is 24.5 Å². The summed E-state index contributed by atoms with van der Waals surface area (Å²) >= 11 is 0. The van der Waals surface area contributed by atoms with Gasteiger partial charge >= 0.3 is 0 Å². The number of likely N-dealkylation sites (N-methyl/N-ethyl adjacent to an activating group) is 1. The summed E-state index contributed by atoms with van der Waals surface area (Å²) in [5, 5.41) is 5.69. The van der Waals surface area contributed by atoms with Crippen molar-refractivity contribution in [3.8, 4) is 0 Å². The van der Waals surface area contributed by atoms with Gasteiger partial charge in [0, 0.05) is 31.5 Å². The third kappa shape index (κ3) is 6.80. The van der Waals surface area contributed by atoms with Gasteiger partial charge in [-0.1, -0.05) is 37.6 Å². The van der Waals surface area contributed by atoms with E-state index in [2.05, 4.69) is 10.6 Å². The Morgan fingerprint density at radius 1 is 0.968 bits per heavy atom. The standard InChI is InChI=1S/C22H30N4O4S/c1-5-26(6-2)31(29,30)20-9-7-8-19(14-20)23-15-22(28)25(4)16-21(27)24-18-12-10-17(3)11-13-18/h7-14,23H,5-6,15-16H2,1-4H3,(H,24,27). The largest absolute Gasteiger partial charge is 0.376 e. The van der Waals surface area contributed by atoms with Gasteiger partial charge in [0.25, 0.3) is 0 Å². The molecule has 2 aromatic rings. The summed E-state index contributed by atoms with van der Waals surface area (Å²) in [6.45, 7) is 6.13. The number of hydrogen-bond donors (Lipinski definition) is 2. The van der Waals surface area contributed by atoms with Crippen LogP contribution in [0.15, 0.2) is 53.4 Å². The van der Waals surface area contributed by atoms with Crippen molar-refractivity contribution in [2.45, 2.75) is 25.7 Å². The number of sulfonamides is 1. The van der Waals surface area contributed by atoms with Crippen LogP contribution in [0.1, 0.15) is 19.4 Å². The summed E-state index contributed by atoms with van der Waals surface area (Å²) in [6.07, 6.45) is 0. The Morgan fingerprint density at radius 2 is 1.61 bits per heavy atom. The summed E-state index contributed by atoms with van der Waals surface area (Å²) in [6, 6.07) is 13.7. The number of carbonyl (C=O) groups excluding carboxylic acids is 2. The smallest absolute Gasteiger partial charge is 0.243 e. The highest BCUT2D eigenvalue weighted by atomic mass is 32.2. The molecule has 8 nitrogen and oxygen atoms in total. The minimum absolute atomic E-state index is 0.0664. The molecule has 0 aromatic heterocycles. The molecule has 0 saturated carbocycles. The second-order valence-electron chi connectivity index (χ2n) is 7.13. The SMILES string of the molecule is CCN(CC)S(=O)(=O)c1cccc(NCC(=O)N(C)CC(=O)Nc2ccc(C)cc2)c1. The fraction of sp³-hybridized carbons (Fsp3) is 0.364. The first-order valence-electron chi connectivity index (χ1n) is 10.1. The zero-order valence-corrected chi connectivity index (χ0v) is 19.2. The summed E-state index contributed by atoms with van der Waals surface area (Å²) < 4.78 is 26.7. The van der Waals surface area contributed by atoms with Gasteiger partial charge in [0.15, 0.2) is 0 Å². The van der Waals surface area contributed by atoms with Gasteiger partial charge in [0.2, 0.25) is 21.8 Å². The second-order valence-corrected chi connectivity index (χ2v) is 9.07. The van der Waals surface area contributed by atoms with Gasteiger partial charge in [-0.15, -0.1) is 0 Å². The quantitative estimate of drug-likeness (QED) is 0.584. The fourth-order valence-corrected chi connectivity index (χ4v) is 4.44. The van der Waals surface area contributed by atoms with Gasteiger partial charge in [-0.2, -0.15) is 4.31 Å². The van der Waals surface area contributed by atoms with E-state index in [-0.39, 0.29) is 29.8 Å². The maximum Gasteiger partial charge on any atom is 0.243 e. The molecule has 0 aliphatic heterocycles. The molecule has 0 fully saturated rings. The minimum atomic E-state index is -3.58. The van der Waals surface area contributed by atoms with E-state index in [1.807, 2.05) is 19.1 Å². The van der Waals surface area contributed by atoms with Crippen molar-refractivity contribution in [3.05, 3.63) is 54.1 Å². The molecule has 2 rings (SSSR count). The van der Waals surface area contributed by atoms with Crippen molar-refractivity contribution in [2.75, 3.05) is 43.9 Å². The molecule has 0 aliphatic rings. The zero-order chi connectivity index (χ0) is 23.0. The molecule has 0 unspecified atom stereocenters. The molecular weight excluding hydrogens is 416 g/mol. The molecule has 168 valence electrons. The number of carbonyl (C=O) groups is 2. The Balaban J connectivity index is 1.93. The van der Waals surface area contributed by atoms with Crippen LogP contribution < -0.4 is 10.6 Å². The monoisotopic (exact) mass is 446 g/mol. The lowest BCUT2D eigenvalue weighted by Crippen LogP contribution is -2.38. The topological polar surface area (TPSA) is 98.8 Å². The Bertz CT molecular complexity index is 1000. The van der Waals surface area contributed by atoms with Crippen LogP contribution >= 0.6 is 0 Å². The molecule has 0 radical (unpaired) electrons. The predicted octanol–water partition coefficient (Wildman–Crippen LogP) is 2.53. The molecule has 0 bridgehead atoms. The maximum atomic E-state index is 12.7. The highest BCUT2D eigenvalue weighted by Crippen LogP contribution is 2.19. The summed E-state index contributed by atoms with van der Waals surface area (Å²) in [5.41, 5.74) is 2.27. The molecule has 0 spiro atoms. The Hall–Kier alpha value is -2.91. The van der Waals surface area contributed by atoms with E-state index in [0.717, 1.165) is 5.56 Å². The van der Waals surface area contributed by atoms with Gasteiger partial charge in [-0.3, -0.25) is 9.59 Å². The molecular formula is C22H30N4O4S. The van der Waals surface area contributed by atoms with E-state index >= 15 is 0 Å². The number of amides is 2.